The fourth-order valence-corrected chi connectivity index (χ4v) is 2.43. The first-order chi connectivity index (χ1) is 6.86. The number of rotatable bonds is 6. The molecule has 0 aromatic rings. The van der Waals surface area contributed by atoms with Gasteiger partial charge in [-0.05, 0) is 51.7 Å². The van der Waals surface area contributed by atoms with Crippen molar-refractivity contribution in [2.45, 2.75) is 44.6 Å². The summed E-state index contributed by atoms with van der Waals surface area (Å²) in [5, 5.41) is 3.60. The Morgan fingerprint density at radius 3 is 2.79 bits per heavy atom. The molecule has 0 unspecified atom stereocenters. The average molecular weight is 196 g/mol. The van der Waals surface area contributed by atoms with Crippen molar-refractivity contribution in [2.75, 3.05) is 26.7 Å². The lowest BCUT2D eigenvalue weighted by molar-refractivity contribution is 0.300. The van der Waals surface area contributed by atoms with Crippen LogP contribution in [-0.2, 0) is 0 Å². The van der Waals surface area contributed by atoms with Crippen LogP contribution in [0.3, 0.4) is 0 Å². The Balaban J connectivity index is 1.45. The van der Waals surface area contributed by atoms with Gasteiger partial charge in [0.05, 0.1) is 0 Å². The molecule has 82 valence electrons. The lowest BCUT2D eigenvalue weighted by Crippen LogP contribution is -2.35. The summed E-state index contributed by atoms with van der Waals surface area (Å²) >= 11 is 0. The summed E-state index contributed by atoms with van der Waals surface area (Å²) in [5.41, 5.74) is 0. The fourth-order valence-electron chi connectivity index (χ4n) is 2.43. The van der Waals surface area contributed by atoms with Gasteiger partial charge in [-0.25, -0.2) is 0 Å². The summed E-state index contributed by atoms with van der Waals surface area (Å²) in [4.78, 5) is 2.49. The number of nitrogens with zero attached hydrogens (tertiary/aromatic N) is 1. The summed E-state index contributed by atoms with van der Waals surface area (Å²) in [7, 11) is 2.25. The molecular formula is C12H24N2. The van der Waals surface area contributed by atoms with Crippen LogP contribution in [0, 0.1) is 5.92 Å². The zero-order valence-corrected chi connectivity index (χ0v) is 9.47. The van der Waals surface area contributed by atoms with Gasteiger partial charge < -0.3 is 10.2 Å². The highest BCUT2D eigenvalue weighted by atomic mass is 15.2. The second kappa shape index (κ2) is 5.13. The molecule has 1 atom stereocenters. The first kappa shape index (κ1) is 10.4. The molecule has 0 aromatic heterocycles. The summed E-state index contributed by atoms with van der Waals surface area (Å²) < 4.78 is 0. The number of nitrogens with one attached hydrogen (secondary N) is 1. The Kier molecular flexibility index (Phi) is 3.82. The lowest BCUT2D eigenvalue weighted by atomic mass is 10.2. The molecule has 0 bridgehead atoms. The van der Waals surface area contributed by atoms with Crippen molar-refractivity contribution in [1.82, 2.24) is 10.2 Å². The van der Waals surface area contributed by atoms with Gasteiger partial charge in [-0.1, -0.05) is 12.8 Å². The predicted molar refractivity (Wildman–Crippen MR) is 60.5 cm³/mol. The van der Waals surface area contributed by atoms with Crippen molar-refractivity contribution >= 4 is 0 Å². The third-order valence-corrected chi connectivity index (χ3v) is 3.71. The van der Waals surface area contributed by atoms with Crippen LogP contribution in [0.15, 0.2) is 0 Å². The Bertz CT molecular complexity index is 166. The van der Waals surface area contributed by atoms with E-state index in [1.165, 1.54) is 58.2 Å². The summed E-state index contributed by atoms with van der Waals surface area (Å²) in [6, 6.07) is 0.816. The van der Waals surface area contributed by atoms with Crippen molar-refractivity contribution in [2.24, 2.45) is 5.92 Å². The van der Waals surface area contributed by atoms with Gasteiger partial charge in [-0.15, -0.1) is 0 Å². The molecule has 2 rings (SSSR count). The van der Waals surface area contributed by atoms with E-state index in [1.807, 2.05) is 0 Å². The zero-order chi connectivity index (χ0) is 9.80. The molecule has 1 aliphatic carbocycles. The molecule has 14 heavy (non-hydrogen) atoms. The van der Waals surface area contributed by atoms with Gasteiger partial charge in [0.15, 0.2) is 0 Å². The zero-order valence-electron chi connectivity index (χ0n) is 9.47. The Morgan fingerprint density at radius 1 is 1.29 bits per heavy atom. The minimum Gasteiger partial charge on any atom is -0.315 e. The summed E-state index contributed by atoms with van der Waals surface area (Å²) in [6.45, 7) is 3.75. The molecule has 1 saturated carbocycles. The van der Waals surface area contributed by atoms with E-state index < -0.39 is 0 Å². The molecule has 1 aliphatic heterocycles. The lowest BCUT2D eigenvalue weighted by Gasteiger charge is -2.19. The first-order valence-electron chi connectivity index (χ1n) is 6.27. The summed E-state index contributed by atoms with van der Waals surface area (Å²) in [5.74, 6) is 1.10. The Hall–Kier alpha value is -0.0800. The van der Waals surface area contributed by atoms with E-state index in [1.54, 1.807) is 0 Å². The number of hydrogen-bond donors (Lipinski definition) is 1. The van der Waals surface area contributed by atoms with E-state index in [0.717, 1.165) is 12.0 Å². The van der Waals surface area contributed by atoms with Crippen molar-refractivity contribution in [1.29, 1.82) is 0 Å². The normalized spacial score (nSPS) is 28.5. The minimum atomic E-state index is 0.816. The van der Waals surface area contributed by atoms with Crippen LogP contribution in [0.5, 0.6) is 0 Å². The van der Waals surface area contributed by atoms with Crippen LogP contribution in [0.4, 0.5) is 0 Å². The van der Waals surface area contributed by atoms with E-state index in [4.69, 9.17) is 0 Å². The maximum atomic E-state index is 3.60. The van der Waals surface area contributed by atoms with Crippen LogP contribution < -0.4 is 5.32 Å². The first-order valence-corrected chi connectivity index (χ1v) is 6.27. The van der Waals surface area contributed by atoms with Crippen molar-refractivity contribution < 1.29 is 0 Å². The van der Waals surface area contributed by atoms with E-state index in [9.17, 15) is 0 Å². The van der Waals surface area contributed by atoms with Gasteiger partial charge in [0, 0.05) is 12.6 Å². The molecule has 0 spiro atoms. The van der Waals surface area contributed by atoms with Crippen molar-refractivity contribution in [3.8, 4) is 0 Å². The monoisotopic (exact) mass is 196 g/mol. The van der Waals surface area contributed by atoms with Crippen LogP contribution >= 0.6 is 0 Å². The fraction of sp³-hybridized carbons (Fsp3) is 1.00. The molecule has 2 nitrogen and oxygen atoms in total. The minimum absolute atomic E-state index is 0.816. The SMILES string of the molecule is CN1CCC[C@H]1CNCCCC1CC1. The molecule has 2 aliphatic rings. The topological polar surface area (TPSA) is 15.3 Å². The quantitative estimate of drug-likeness (QED) is 0.652. The summed E-state index contributed by atoms with van der Waals surface area (Å²) in [6.07, 6.45) is 8.66. The van der Waals surface area contributed by atoms with Gasteiger partial charge in [0.1, 0.15) is 0 Å². The third-order valence-electron chi connectivity index (χ3n) is 3.71. The largest absolute Gasteiger partial charge is 0.315 e. The van der Waals surface area contributed by atoms with E-state index in [2.05, 4.69) is 17.3 Å². The molecular weight excluding hydrogens is 172 g/mol. The van der Waals surface area contributed by atoms with Crippen LogP contribution in [0.1, 0.15) is 38.5 Å². The molecule has 1 saturated heterocycles. The predicted octanol–water partition coefficient (Wildman–Crippen LogP) is 1.86. The highest BCUT2D eigenvalue weighted by molar-refractivity contribution is 4.78. The van der Waals surface area contributed by atoms with Gasteiger partial charge in [0.2, 0.25) is 0 Å². The van der Waals surface area contributed by atoms with Gasteiger partial charge in [0.25, 0.3) is 0 Å². The number of likely N-dealkylation sites (N-methyl/N-ethyl adjacent to an activating group) is 1. The molecule has 0 aromatic carbocycles. The van der Waals surface area contributed by atoms with Gasteiger partial charge >= 0.3 is 0 Å². The molecule has 1 N–H and O–H groups in total. The maximum absolute atomic E-state index is 3.60. The molecule has 2 fully saturated rings. The average Bonchev–Trinajstić information content (AvgIpc) is 2.91. The molecule has 0 amide bonds. The number of likely N-dealkylation sites (tertiary alicyclic amines) is 1. The second-order valence-corrected chi connectivity index (χ2v) is 5.07. The van der Waals surface area contributed by atoms with Gasteiger partial charge in [-0.3, -0.25) is 0 Å². The smallest absolute Gasteiger partial charge is 0.0218 e. The molecule has 1 heterocycles. The van der Waals surface area contributed by atoms with Gasteiger partial charge in [-0.2, -0.15) is 0 Å². The maximum Gasteiger partial charge on any atom is 0.0218 e. The van der Waals surface area contributed by atoms with E-state index >= 15 is 0 Å². The second-order valence-electron chi connectivity index (χ2n) is 5.07. The van der Waals surface area contributed by atoms with Crippen molar-refractivity contribution in [3.05, 3.63) is 0 Å². The van der Waals surface area contributed by atoms with E-state index in [0.29, 0.717) is 0 Å². The number of hydrogen-bond acceptors (Lipinski definition) is 2. The molecule has 0 radical (unpaired) electrons. The van der Waals surface area contributed by atoms with Crippen LogP contribution in [0.2, 0.25) is 0 Å². The highest BCUT2D eigenvalue weighted by Crippen LogP contribution is 2.33. The van der Waals surface area contributed by atoms with E-state index in [-0.39, 0.29) is 0 Å². The Morgan fingerprint density at radius 2 is 2.14 bits per heavy atom. The van der Waals surface area contributed by atoms with Crippen LogP contribution in [-0.4, -0.2) is 37.6 Å². The van der Waals surface area contributed by atoms with Crippen LogP contribution in [0.25, 0.3) is 0 Å². The standard InChI is InChI=1S/C12H24N2/c1-14-9-3-5-12(14)10-13-8-2-4-11-6-7-11/h11-13H,2-10H2,1H3/t12-/m0/s1. The Labute approximate surface area is 88.1 Å². The highest BCUT2D eigenvalue weighted by Gasteiger charge is 2.21. The third kappa shape index (κ3) is 3.25. The van der Waals surface area contributed by atoms with Crippen molar-refractivity contribution in [3.63, 3.8) is 0 Å². The molecule has 2 heteroatoms.